The molecule has 160 valence electrons. The van der Waals surface area contributed by atoms with Gasteiger partial charge < -0.3 is 14.5 Å². The van der Waals surface area contributed by atoms with Gasteiger partial charge in [0.15, 0.2) is 0 Å². The molecule has 3 heterocycles. The minimum Gasteiger partial charge on any atom is -0.497 e. The number of methoxy groups -OCH3 is 1. The molecule has 7 nitrogen and oxygen atoms in total. The summed E-state index contributed by atoms with van der Waals surface area (Å²) < 4.78 is 5.25. The summed E-state index contributed by atoms with van der Waals surface area (Å²) >= 11 is 1.64. The lowest BCUT2D eigenvalue weighted by atomic mass is 9.82. The molecule has 0 saturated carbocycles. The van der Waals surface area contributed by atoms with Crippen LogP contribution >= 0.6 is 11.3 Å². The van der Waals surface area contributed by atoms with Crippen molar-refractivity contribution in [3.8, 4) is 5.75 Å². The van der Waals surface area contributed by atoms with Gasteiger partial charge in [0.1, 0.15) is 11.3 Å². The highest BCUT2D eigenvalue weighted by molar-refractivity contribution is 7.09. The van der Waals surface area contributed by atoms with Gasteiger partial charge in [-0.2, -0.15) is 0 Å². The highest BCUT2D eigenvalue weighted by Gasteiger charge is 2.50. The first-order chi connectivity index (χ1) is 14.4. The van der Waals surface area contributed by atoms with Gasteiger partial charge in [0.2, 0.25) is 5.91 Å². The van der Waals surface area contributed by atoms with Gasteiger partial charge in [-0.25, -0.2) is 4.98 Å². The Morgan fingerprint density at radius 3 is 2.67 bits per heavy atom. The maximum Gasteiger partial charge on any atom is 0.253 e. The van der Waals surface area contributed by atoms with E-state index in [1.807, 2.05) is 42.0 Å². The number of likely N-dealkylation sites (N-methyl/N-ethyl adjacent to an activating group) is 1. The number of carbonyl (C=O) groups excluding carboxylic acids is 2. The topological polar surface area (TPSA) is 66.0 Å². The molecule has 2 aliphatic heterocycles. The summed E-state index contributed by atoms with van der Waals surface area (Å²) in [7, 11) is 3.47. The van der Waals surface area contributed by atoms with E-state index in [1.54, 1.807) is 24.5 Å². The smallest absolute Gasteiger partial charge is 0.253 e. The number of piperazine rings is 1. The number of aryl methyl sites for hydroxylation is 1. The first kappa shape index (κ1) is 20.8. The zero-order valence-corrected chi connectivity index (χ0v) is 18.6. The van der Waals surface area contributed by atoms with Gasteiger partial charge in [-0.3, -0.25) is 14.5 Å². The van der Waals surface area contributed by atoms with Crippen LogP contribution in [0.3, 0.4) is 0 Å². The number of aromatic nitrogens is 1. The lowest BCUT2D eigenvalue weighted by Crippen LogP contribution is -2.68. The van der Waals surface area contributed by atoms with Crippen molar-refractivity contribution in [3.05, 3.63) is 45.9 Å². The molecule has 4 rings (SSSR count). The van der Waals surface area contributed by atoms with Crippen molar-refractivity contribution in [3.63, 3.8) is 0 Å². The quantitative estimate of drug-likeness (QED) is 0.748. The molecule has 30 heavy (non-hydrogen) atoms. The second kappa shape index (κ2) is 8.35. The Balaban J connectivity index is 1.51. The Hall–Kier alpha value is -2.45. The van der Waals surface area contributed by atoms with Gasteiger partial charge in [0.05, 0.1) is 17.8 Å². The van der Waals surface area contributed by atoms with Crippen molar-refractivity contribution < 1.29 is 14.3 Å². The van der Waals surface area contributed by atoms with Crippen LogP contribution in [0, 0.1) is 6.92 Å². The molecule has 1 aromatic heterocycles. The van der Waals surface area contributed by atoms with Gasteiger partial charge in [-0.05, 0) is 38.0 Å². The van der Waals surface area contributed by atoms with E-state index in [2.05, 4.69) is 15.3 Å². The number of rotatable bonds is 4. The zero-order chi connectivity index (χ0) is 21.3. The van der Waals surface area contributed by atoms with Crippen molar-refractivity contribution in [2.75, 3.05) is 40.3 Å². The summed E-state index contributed by atoms with van der Waals surface area (Å²) in [5.74, 6) is 0.819. The molecule has 1 spiro atoms. The molecule has 8 heteroatoms. The van der Waals surface area contributed by atoms with Crippen LogP contribution in [0.1, 0.15) is 33.9 Å². The highest BCUT2D eigenvalue weighted by Crippen LogP contribution is 2.35. The van der Waals surface area contributed by atoms with E-state index in [9.17, 15) is 9.59 Å². The highest BCUT2D eigenvalue weighted by atomic mass is 32.1. The number of likely N-dealkylation sites (tertiary alicyclic amines) is 1. The molecular weight excluding hydrogens is 400 g/mol. The number of nitrogens with zero attached hydrogens (tertiary/aromatic N) is 4. The van der Waals surface area contributed by atoms with Crippen molar-refractivity contribution in [2.45, 2.75) is 31.8 Å². The van der Waals surface area contributed by atoms with Crippen LogP contribution < -0.4 is 4.74 Å². The predicted molar refractivity (Wildman–Crippen MR) is 116 cm³/mol. The van der Waals surface area contributed by atoms with Crippen molar-refractivity contribution in [1.29, 1.82) is 0 Å². The monoisotopic (exact) mass is 428 g/mol. The standard InChI is InChI=1S/C22H28N4O3S/c1-16-23-18(15-30-16)14-26-12-11-24(2)21(28)22(26)7-9-25(10-8-22)20(27)17-5-4-6-19(13-17)29-3/h4-6,13,15H,7-12,14H2,1-3H3. The third-order valence-electron chi connectivity index (χ3n) is 6.27. The minimum atomic E-state index is -0.560. The lowest BCUT2D eigenvalue weighted by molar-refractivity contribution is -0.154. The molecule has 1 aromatic carbocycles. The molecule has 2 saturated heterocycles. The SMILES string of the molecule is COc1cccc(C(=O)N2CCC3(CC2)C(=O)N(C)CCN3Cc2csc(C)n2)c1. The van der Waals surface area contributed by atoms with Crippen LogP contribution in [0.25, 0.3) is 0 Å². The van der Waals surface area contributed by atoms with Crippen molar-refractivity contribution in [2.24, 2.45) is 0 Å². The fourth-order valence-electron chi connectivity index (χ4n) is 4.53. The van der Waals surface area contributed by atoms with E-state index in [-0.39, 0.29) is 11.8 Å². The van der Waals surface area contributed by atoms with Crippen LogP contribution in [-0.4, -0.2) is 77.4 Å². The van der Waals surface area contributed by atoms with E-state index >= 15 is 0 Å². The Morgan fingerprint density at radius 2 is 2.00 bits per heavy atom. The molecule has 0 atom stereocenters. The summed E-state index contributed by atoms with van der Waals surface area (Å²) in [5, 5.41) is 3.12. The molecule has 0 bridgehead atoms. The van der Waals surface area contributed by atoms with Gasteiger partial charge in [0, 0.05) is 50.7 Å². The number of thiazole rings is 1. The van der Waals surface area contributed by atoms with Gasteiger partial charge in [-0.1, -0.05) is 6.07 Å². The summed E-state index contributed by atoms with van der Waals surface area (Å²) in [6, 6.07) is 7.24. The number of piperidine rings is 1. The second-order valence-corrected chi connectivity index (χ2v) is 9.12. The Labute approximate surface area is 181 Å². The van der Waals surface area contributed by atoms with E-state index in [1.165, 1.54) is 0 Å². The maximum atomic E-state index is 13.3. The zero-order valence-electron chi connectivity index (χ0n) is 17.8. The molecule has 0 unspecified atom stereocenters. The average Bonchev–Trinajstić information content (AvgIpc) is 3.19. The lowest BCUT2D eigenvalue weighted by Gasteiger charge is -2.52. The van der Waals surface area contributed by atoms with Crippen molar-refractivity contribution in [1.82, 2.24) is 19.7 Å². The predicted octanol–water partition coefficient (Wildman–Crippen LogP) is 2.41. The average molecular weight is 429 g/mol. The normalized spacial score (nSPS) is 19.4. The number of hydrogen-bond donors (Lipinski definition) is 0. The number of ether oxygens (including phenoxy) is 1. The fourth-order valence-corrected chi connectivity index (χ4v) is 5.14. The molecule has 0 radical (unpaired) electrons. The van der Waals surface area contributed by atoms with E-state index < -0.39 is 5.54 Å². The summed E-state index contributed by atoms with van der Waals surface area (Å²) in [4.78, 5) is 36.9. The van der Waals surface area contributed by atoms with Crippen LogP contribution in [-0.2, 0) is 11.3 Å². The third-order valence-corrected chi connectivity index (χ3v) is 7.09. The Morgan fingerprint density at radius 1 is 1.23 bits per heavy atom. The molecular formula is C22H28N4O3S. The summed E-state index contributed by atoms with van der Waals surface area (Å²) in [6.45, 7) is 5.33. The van der Waals surface area contributed by atoms with Gasteiger partial charge in [0.25, 0.3) is 5.91 Å². The largest absolute Gasteiger partial charge is 0.497 e. The van der Waals surface area contributed by atoms with E-state index in [0.29, 0.717) is 43.8 Å². The van der Waals surface area contributed by atoms with Crippen LogP contribution in [0.4, 0.5) is 0 Å². The first-order valence-electron chi connectivity index (χ1n) is 10.3. The third kappa shape index (κ3) is 3.81. The Kier molecular flexibility index (Phi) is 5.79. The van der Waals surface area contributed by atoms with Crippen molar-refractivity contribution >= 4 is 23.2 Å². The molecule has 0 aliphatic carbocycles. The summed E-state index contributed by atoms with van der Waals surface area (Å²) in [6.07, 6.45) is 1.27. The molecule has 2 fully saturated rings. The second-order valence-electron chi connectivity index (χ2n) is 8.06. The maximum absolute atomic E-state index is 13.3. The molecule has 2 amide bonds. The minimum absolute atomic E-state index is 0.0120. The van der Waals surface area contributed by atoms with Crippen LogP contribution in [0.5, 0.6) is 5.75 Å². The number of carbonyl (C=O) groups is 2. The Bertz CT molecular complexity index is 936. The molecule has 0 N–H and O–H groups in total. The number of amides is 2. The number of benzene rings is 1. The fraction of sp³-hybridized carbons (Fsp3) is 0.500. The van der Waals surface area contributed by atoms with Gasteiger partial charge >= 0.3 is 0 Å². The van der Waals surface area contributed by atoms with Crippen LogP contribution in [0.15, 0.2) is 29.6 Å². The molecule has 2 aromatic rings. The molecule has 2 aliphatic rings. The first-order valence-corrected chi connectivity index (χ1v) is 11.2. The van der Waals surface area contributed by atoms with Gasteiger partial charge in [-0.15, -0.1) is 11.3 Å². The van der Waals surface area contributed by atoms with E-state index in [0.717, 1.165) is 23.8 Å². The summed E-state index contributed by atoms with van der Waals surface area (Å²) in [5.41, 5.74) is 1.08. The number of hydrogen-bond acceptors (Lipinski definition) is 6. The van der Waals surface area contributed by atoms with E-state index in [4.69, 9.17) is 4.74 Å². The van der Waals surface area contributed by atoms with Crippen LogP contribution in [0.2, 0.25) is 0 Å².